The molecule has 0 radical (unpaired) electrons. The number of halogens is 1. The average molecular weight is 369 g/mol. The molecule has 1 aromatic carbocycles. The van der Waals surface area contributed by atoms with E-state index in [9.17, 15) is 4.79 Å². The number of carbonyl (C=O) groups is 1. The molecule has 24 heavy (non-hydrogen) atoms. The largest absolute Gasteiger partial charge is 0.495 e. The zero-order chi connectivity index (χ0) is 17.5. The van der Waals surface area contributed by atoms with Crippen LogP contribution >= 0.6 is 22.9 Å². The van der Waals surface area contributed by atoms with E-state index in [1.54, 1.807) is 23.5 Å². The van der Waals surface area contributed by atoms with Crippen molar-refractivity contribution in [2.45, 2.75) is 13.5 Å². The lowest BCUT2D eigenvalue weighted by Crippen LogP contribution is -2.32. The van der Waals surface area contributed by atoms with E-state index in [1.165, 1.54) is 19.1 Å². The van der Waals surface area contributed by atoms with Crippen LogP contribution in [0.15, 0.2) is 29.6 Å². The Hall–Kier alpha value is -1.76. The number of methoxy groups -OCH3 is 2. The summed E-state index contributed by atoms with van der Waals surface area (Å²) in [5, 5.41) is 5.33. The molecule has 5 nitrogen and oxygen atoms in total. The van der Waals surface area contributed by atoms with Crippen LogP contribution in [0.1, 0.15) is 11.8 Å². The highest BCUT2D eigenvalue weighted by Gasteiger charge is 2.15. The molecule has 2 rings (SSSR count). The van der Waals surface area contributed by atoms with Gasteiger partial charge in [0.2, 0.25) is 5.91 Å². The molecular weight excluding hydrogens is 348 g/mol. The van der Waals surface area contributed by atoms with E-state index in [0.29, 0.717) is 28.8 Å². The summed E-state index contributed by atoms with van der Waals surface area (Å²) in [7, 11) is 3.06. The van der Waals surface area contributed by atoms with Gasteiger partial charge in [0.1, 0.15) is 11.5 Å². The van der Waals surface area contributed by atoms with Gasteiger partial charge in [0.05, 0.1) is 31.5 Å². The maximum Gasteiger partial charge on any atom is 0.238 e. The predicted molar refractivity (Wildman–Crippen MR) is 98.5 cm³/mol. The number of likely N-dealkylation sites (N-methyl/N-ethyl adjacent to an activating group) is 1. The first-order valence-corrected chi connectivity index (χ1v) is 8.79. The Morgan fingerprint density at radius 3 is 2.62 bits per heavy atom. The summed E-state index contributed by atoms with van der Waals surface area (Å²) >= 11 is 7.76. The fourth-order valence-electron chi connectivity index (χ4n) is 2.25. The molecule has 1 N–H and O–H groups in total. The summed E-state index contributed by atoms with van der Waals surface area (Å²) in [6.45, 7) is 3.87. The summed E-state index contributed by atoms with van der Waals surface area (Å²) in [4.78, 5) is 15.7. The fraction of sp³-hybridized carbons (Fsp3) is 0.353. The van der Waals surface area contributed by atoms with Crippen LogP contribution in [-0.4, -0.2) is 38.1 Å². The number of ether oxygens (including phenoxy) is 2. The van der Waals surface area contributed by atoms with Crippen LogP contribution in [0.3, 0.4) is 0 Å². The van der Waals surface area contributed by atoms with Crippen LogP contribution in [-0.2, 0) is 11.3 Å². The van der Waals surface area contributed by atoms with E-state index < -0.39 is 0 Å². The molecule has 0 aliphatic rings. The number of rotatable bonds is 8. The number of nitrogens with one attached hydrogen (secondary N) is 1. The summed E-state index contributed by atoms with van der Waals surface area (Å²) in [5.74, 6) is 0.866. The molecule has 0 unspecified atom stereocenters. The topological polar surface area (TPSA) is 50.8 Å². The van der Waals surface area contributed by atoms with Crippen molar-refractivity contribution in [3.05, 3.63) is 39.5 Å². The van der Waals surface area contributed by atoms with Gasteiger partial charge in [-0.2, -0.15) is 0 Å². The van der Waals surface area contributed by atoms with Crippen LogP contribution < -0.4 is 14.8 Å². The average Bonchev–Trinajstić information content (AvgIpc) is 3.08. The molecule has 1 heterocycles. The molecule has 0 atom stereocenters. The normalized spacial score (nSPS) is 10.7. The summed E-state index contributed by atoms with van der Waals surface area (Å²) in [5.41, 5.74) is 0.538. The minimum atomic E-state index is -0.115. The lowest BCUT2D eigenvalue weighted by Gasteiger charge is -2.20. The Bertz CT molecular complexity index is 677. The van der Waals surface area contributed by atoms with Gasteiger partial charge >= 0.3 is 0 Å². The molecule has 130 valence electrons. The van der Waals surface area contributed by atoms with Gasteiger partial charge < -0.3 is 14.8 Å². The Morgan fingerprint density at radius 1 is 1.29 bits per heavy atom. The third kappa shape index (κ3) is 4.87. The number of thiophene rings is 1. The fourth-order valence-corrected chi connectivity index (χ4v) is 3.23. The number of carbonyl (C=O) groups excluding carboxylic acids is 1. The molecule has 0 bridgehead atoms. The Morgan fingerprint density at radius 2 is 2.04 bits per heavy atom. The maximum atomic E-state index is 12.4. The van der Waals surface area contributed by atoms with Crippen molar-refractivity contribution in [2.24, 2.45) is 0 Å². The van der Waals surface area contributed by atoms with Crippen molar-refractivity contribution in [1.82, 2.24) is 4.90 Å². The lowest BCUT2D eigenvalue weighted by atomic mass is 10.2. The maximum absolute atomic E-state index is 12.4. The number of anilines is 1. The van der Waals surface area contributed by atoms with Gasteiger partial charge in [-0.3, -0.25) is 9.69 Å². The van der Waals surface area contributed by atoms with Crippen molar-refractivity contribution < 1.29 is 14.3 Å². The summed E-state index contributed by atoms with van der Waals surface area (Å²) in [6.07, 6.45) is 0. The second-order valence-electron chi connectivity index (χ2n) is 5.12. The molecule has 0 aliphatic carbocycles. The molecular formula is C17H21ClN2O3S. The first-order chi connectivity index (χ1) is 11.6. The predicted octanol–water partition coefficient (Wildman–Crippen LogP) is 3.88. The molecule has 1 amide bonds. The molecule has 0 saturated heterocycles. The minimum Gasteiger partial charge on any atom is -0.495 e. The molecule has 1 aromatic heterocycles. The Kier molecular flexibility index (Phi) is 6.90. The van der Waals surface area contributed by atoms with Crippen molar-refractivity contribution >= 4 is 34.5 Å². The highest BCUT2D eigenvalue weighted by molar-refractivity contribution is 7.09. The smallest absolute Gasteiger partial charge is 0.238 e. The second kappa shape index (κ2) is 8.92. The van der Waals surface area contributed by atoms with Gasteiger partial charge in [-0.05, 0) is 18.0 Å². The van der Waals surface area contributed by atoms with Crippen LogP contribution in [0, 0.1) is 0 Å². The van der Waals surface area contributed by atoms with E-state index >= 15 is 0 Å². The van der Waals surface area contributed by atoms with Crippen molar-refractivity contribution in [3.8, 4) is 11.5 Å². The van der Waals surface area contributed by atoms with Gasteiger partial charge in [0.25, 0.3) is 0 Å². The lowest BCUT2D eigenvalue weighted by molar-refractivity contribution is -0.117. The van der Waals surface area contributed by atoms with E-state index in [2.05, 4.69) is 16.3 Å². The van der Waals surface area contributed by atoms with E-state index in [4.69, 9.17) is 21.1 Å². The SMILES string of the molecule is CCN(CC(=O)Nc1cc(OC)c(Cl)cc1OC)Cc1cccs1. The molecule has 0 spiro atoms. The van der Waals surface area contributed by atoms with E-state index in [-0.39, 0.29) is 5.91 Å². The molecule has 7 heteroatoms. The van der Waals surface area contributed by atoms with Gasteiger partial charge in [-0.25, -0.2) is 0 Å². The zero-order valence-corrected chi connectivity index (χ0v) is 15.5. The monoisotopic (exact) mass is 368 g/mol. The molecule has 0 saturated carbocycles. The van der Waals surface area contributed by atoms with Crippen LogP contribution in [0.5, 0.6) is 11.5 Å². The first-order valence-electron chi connectivity index (χ1n) is 7.53. The van der Waals surface area contributed by atoms with Crippen LogP contribution in [0.2, 0.25) is 5.02 Å². The van der Waals surface area contributed by atoms with Gasteiger partial charge in [0, 0.05) is 23.6 Å². The summed E-state index contributed by atoms with van der Waals surface area (Å²) < 4.78 is 10.5. The molecule has 0 fully saturated rings. The number of nitrogens with zero attached hydrogens (tertiary/aromatic N) is 1. The van der Waals surface area contributed by atoms with Gasteiger partial charge in [-0.1, -0.05) is 24.6 Å². The van der Waals surface area contributed by atoms with Crippen molar-refractivity contribution in [1.29, 1.82) is 0 Å². The molecule has 0 aliphatic heterocycles. The highest BCUT2D eigenvalue weighted by Crippen LogP contribution is 2.35. The van der Waals surface area contributed by atoms with Crippen LogP contribution in [0.4, 0.5) is 5.69 Å². The minimum absolute atomic E-state index is 0.115. The first kappa shape index (κ1) is 18.6. The zero-order valence-electron chi connectivity index (χ0n) is 14.0. The third-order valence-corrected chi connectivity index (χ3v) is 4.68. The second-order valence-corrected chi connectivity index (χ2v) is 6.56. The van der Waals surface area contributed by atoms with Crippen LogP contribution in [0.25, 0.3) is 0 Å². The van der Waals surface area contributed by atoms with Gasteiger partial charge in [0.15, 0.2) is 0 Å². The summed E-state index contributed by atoms with van der Waals surface area (Å²) in [6, 6.07) is 7.37. The quantitative estimate of drug-likeness (QED) is 0.768. The third-order valence-electron chi connectivity index (χ3n) is 3.52. The highest BCUT2D eigenvalue weighted by atomic mass is 35.5. The van der Waals surface area contributed by atoms with E-state index in [1.807, 2.05) is 18.4 Å². The van der Waals surface area contributed by atoms with E-state index in [0.717, 1.165) is 13.1 Å². The number of hydrogen-bond donors (Lipinski definition) is 1. The standard InChI is InChI=1S/C17H21ClN2O3S/c1-4-20(10-12-6-5-7-24-12)11-17(21)19-14-9-15(22-2)13(18)8-16(14)23-3/h5-9H,4,10-11H2,1-3H3,(H,19,21). The van der Waals surface area contributed by atoms with Crippen molar-refractivity contribution in [3.63, 3.8) is 0 Å². The molecule has 2 aromatic rings. The Labute approximate surface area is 151 Å². The number of benzene rings is 1. The Balaban J connectivity index is 2.05. The van der Waals surface area contributed by atoms with Crippen molar-refractivity contribution in [2.75, 3.05) is 32.6 Å². The number of hydrogen-bond acceptors (Lipinski definition) is 5. The number of amides is 1. The van der Waals surface area contributed by atoms with Gasteiger partial charge in [-0.15, -0.1) is 11.3 Å².